The Morgan fingerprint density at radius 2 is 1.51 bits per heavy atom. The van der Waals surface area contributed by atoms with Crippen LogP contribution in [0.4, 0.5) is 0 Å². The van der Waals surface area contributed by atoms with Gasteiger partial charge in [-0.2, -0.15) is 0 Å². The van der Waals surface area contributed by atoms with E-state index in [1.807, 2.05) is 13.8 Å². The molecule has 1 aliphatic heterocycles. The molecule has 9 N–H and O–H groups in total. The first-order chi connectivity index (χ1) is 25.1. The number of nitrogens with zero attached hydrogens (tertiary/aromatic N) is 1. The second-order valence-corrected chi connectivity index (χ2v) is 15.6. The third-order valence-corrected chi connectivity index (χ3v) is 10.5. The van der Waals surface area contributed by atoms with E-state index in [-0.39, 0.29) is 49.9 Å². The Balaban J connectivity index is 2.57. The number of rotatable bonds is 13. The number of hydrogen-bond donors (Lipinski definition) is 7. The molecule has 0 bridgehead atoms. The van der Waals surface area contributed by atoms with Crippen LogP contribution >= 0.6 is 0 Å². The second kappa shape index (κ2) is 23.5. The third kappa shape index (κ3) is 14.8. The molecule has 0 unspecified atom stereocenters. The number of hydrogen-bond acceptors (Lipinski definition) is 9. The summed E-state index contributed by atoms with van der Waals surface area (Å²) in [6, 6.07) is -4.84. The first-order valence-corrected chi connectivity index (χ1v) is 19.9. The number of ether oxygens (including phenoxy) is 1. The number of likely N-dealkylation sites (N-methyl/N-ethyl adjacent to an activating group) is 1. The molecule has 15 nitrogen and oxygen atoms in total. The predicted molar refractivity (Wildman–Crippen MR) is 204 cm³/mol. The van der Waals surface area contributed by atoms with Crippen molar-refractivity contribution in [3.8, 4) is 0 Å². The van der Waals surface area contributed by atoms with E-state index in [0.717, 1.165) is 44.9 Å². The fourth-order valence-corrected chi connectivity index (χ4v) is 7.00. The summed E-state index contributed by atoms with van der Waals surface area (Å²) >= 11 is 0. The Morgan fingerprint density at radius 1 is 0.868 bits per heavy atom. The fraction of sp³-hybridized carbons (Fsp3) is 0.842. The van der Waals surface area contributed by atoms with E-state index in [1.54, 1.807) is 27.8 Å². The van der Waals surface area contributed by atoms with Gasteiger partial charge >= 0.3 is 0 Å². The molecule has 1 saturated carbocycles. The predicted octanol–water partition coefficient (Wildman–Crippen LogP) is 1.07. The SMILES string of the molecule is CCCCCC[C@H]1OC[C@@H](C)NC(=O)[C@H](CNC(=O)[C@H](C)CN)NC(=O)[C@H](CN)NC(=O)[C@H](C2CCCCC2)NC(=O)[C@H](CC(C)C)N(C)C(=O)[C@@H]1C. The molecule has 0 spiro atoms. The van der Waals surface area contributed by atoms with Crippen molar-refractivity contribution in [1.82, 2.24) is 31.5 Å². The number of carbonyl (C=O) groups is 6. The van der Waals surface area contributed by atoms with Gasteiger partial charge in [0.05, 0.1) is 18.6 Å². The minimum absolute atomic E-state index is 0.0620. The maximum absolute atomic E-state index is 14.2. The molecule has 15 heteroatoms. The zero-order chi connectivity index (χ0) is 39.7. The Hall–Kier alpha value is -3.30. The molecular formula is C38H70N8O7. The smallest absolute Gasteiger partial charge is 0.244 e. The average molecular weight is 751 g/mol. The summed E-state index contributed by atoms with van der Waals surface area (Å²) in [7, 11) is 1.63. The summed E-state index contributed by atoms with van der Waals surface area (Å²) in [6.45, 7) is 10.9. The molecule has 0 aromatic carbocycles. The number of carbonyl (C=O) groups excluding carboxylic acids is 6. The fourth-order valence-electron chi connectivity index (χ4n) is 7.00. The molecule has 0 aromatic rings. The Labute approximate surface area is 317 Å². The van der Waals surface area contributed by atoms with Crippen molar-refractivity contribution in [1.29, 1.82) is 0 Å². The van der Waals surface area contributed by atoms with Crippen molar-refractivity contribution < 1.29 is 33.5 Å². The van der Waals surface area contributed by atoms with Gasteiger partial charge in [0.2, 0.25) is 35.4 Å². The lowest BCUT2D eigenvalue weighted by molar-refractivity contribution is -0.147. The van der Waals surface area contributed by atoms with Gasteiger partial charge < -0.3 is 47.7 Å². The van der Waals surface area contributed by atoms with E-state index in [1.165, 1.54) is 4.90 Å². The van der Waals surface area contributed by atoms with Gasteiger partial charge in [-0.3, -0.25) is 28.8 Å². The molecular weight excluding hydrogens is 680 g/mol. The monoisotopic (exact) mass is 751 g/mol. The molecule has 6 amide bonds. The summed E-state index contributed by atoms with van der Waals surface area (Å²) in [5, 5.41) is 13.9. The van der Waals surface area contributed by atoms with Crippen LogP contribution in [0.5, 0.6) is 0 Å². The van der Waals surface area contributed by atoms with Gasteiger partial charge in [-0.05, 0) is 44.4 Å². The first-order valence-electron chi connectivity index (χ1n) is 19.9. The lowest BCUT2D eigenvalue weighted by Gasteiger charge is -2.36. The molecule has 0 aromatic heterocycles. The van der Waals surface area contributed by atoms with Gasteiger partial charge in [-0.15, -0.1) is 0 Å². The van der Waals surface area contributed by atoms with E-state index in [9.17, 15) is 28.8 Å². The highest BCUT2D eigenvalue weighted by molar-refractivity contribution is 5.96. The molecule has 53 heavy (non-hydrogen) atoms. The number of nitrogens with two attached hydrogens (primary N) is 2. The van der Waals surface area contributed by atoms with Crippen LogP contribution in [0.2, 0.25) is 0 Å². The molecule has 304 valence electrons. The van der Waals surface area contributed by atoms with E-state index in [2.05, 4.69) is 33.5 Å². The van der Waals surface area contributed by atoms with Gasteiger partial charge in [0.1, 0.15) is 24.2 Å². The van der Waals surface area contributed by atoms with Gasteiger partial charge in [-0.1, -0.05) is 79.6 Å². The lowest BCUT2D eigenvalue weighted by atomic mass is 9.83. The third-order valence-electron chi connectivity index (χ3n) is 10.5. The topological polar surface area (TPSA) is 227 Å². The zero-order valence-corrected chi connectivity index (χ0v) is 33.3. The van der Waals surface area contributed by atoms with E-state index in [0.29, 0.717) is 25.7 Å². The first kappa shape index (κ1) is 45.9. The van der Waals surface area contributed by atoms with Crippen LogP contribution in [0.3, 0.4) is 0 Å². The van der Waals surface area contributed by atoms with E-state index < -0.39 is 71.8 Å². The molecule has 1 saturated heterocycles. The average Bonchev–Trinajstić information content (AvgIpc) is 3.14. The Morgan fingerprint density at radius 3 is 2.11 bits per heavy atom. The van der Waals surface area contributed by atoms with E-state index >= 15 is 0 Å². The van der Waals surface area contributed by atoms with Crippen molar-refractivity contribution in [3.05, 3.63) is 0 Å². The summed E-state index contributed by atoms with van der Waals surface area (Å²) in [5.41, 5.74) is 11.7. The summed E-state index contributed by atoms with van der Waals surface area (Å²) in [5.74, 6) is -4.21. The summed E-state index contributed by atoms with van der Waals surface area (Å²) < 4.78 is 6.36. The summed E-state index contributed by atoms with van der Waals surface area (Å²) in [6.07, 6.45) is 8.60. The normalized spacial score (nSPS) is 28.5. The zero-order valence-electron chi connectivity index (χ0n) is 33.3. The van der Waals surface area contributed by atoms with Crippen LogP contribution in [0.25, 0.3) is 0 Å². The minimum atomic E-state index is -1.24. The van der Waals surface area contributed by atoms with Crippen molar-refractivity contribution in [2.75, 3.05) is 33.3 Å². The molecule has 2 rings (SSSR count). The Kier molecular flexibility index (Phi) is 20.3. The second-order valence-electron chi connectivity index (χ2n) is 15.6. The summed E-state index contributed by atoms with van der Waals surface area (Å²) in [4.78, 5) is 83.8. The number of amides is 6. The van der Waals surface area contributed by atoms with Gasteiger partial charge in [0, 0.05) is 38.6 Å². The largest absolute Gasteiger partial charge is 0.375 e. The molecule has 8 atom stereocenters. The maximum atomic E-state index is 14.2. The highest BCUT2D eigenvalue weighted by atomic mass is 16.5. The highest BCUT2D eigenvalue weighted by Crippen LogP contribution is 2.28. The van der Waals surface area contributed by atoms with Crippen molar-refractivity contribution in [2.45, 2.75) is 148 Å². The van der Waals surface area contributed by atoms with Crippen LogP contribution in [-0.4, -0.2) is 110 Å². The van der Waals surface area contributed by atoms with Crippen LogP contribution in [-0.2, 0) is 33.5 Å². The Bertz CT molecular complexity index is 1200. The number of unbranched alkanes of at least 4 members (excludes halogenated alkanes) is 3. The molecule has 0 radical (unpaired) electrons. The minimum Gasteiger partial charge on any atom is -0.375 e. The van der Waals surface area contributed by atoms with Crippen molar-refractivity contribution in [2.24, 2.45) is 35.1 Å². The highest BCUT2D eigenvalue weighted by Gasteiger charge is 2.39. The van der Waals surface area contributed by atoms with Crippen molar-refractivity contribution in [3.63, 3.8) is 0 Å². The molecule has 1 heterocycles. The maximum Gasteiger partial charge on any atom is 0.244 e. The van der Waals surface area contributed by atoms with Gasteiger partial charge in [-0.25, -0.2) is 0 Å². The standard InChI is InChI=1S/C38H70N8O7/c1-8-9-10-14-17-31-26(6)38(52)46(7)30(18-23(2)3)36(50)45-32(27-15-12-11-13-16-27)37(51)43-28(20-40)34(48)44-29(21-41-33(47)24(4)19-39)35(49)42-25(5)22-53-31/h23-32H,8-22,39-40H2,1-7H3,(H,41,47)(H,42,49)(H,43,51)(H,44,48)(H,45,50)/t24-,25-,26-,28+,29+,30+,31-,32+/m1/s1. The molecule has 2 aliphatic rings. The molecule has 1 aliphatic carbocycles. The van der Waals surface area contributed by atoms with Gasteiger partial charge in [0.25, 0.3) is 0 Å². The van der Waals surface area contributed by atoms with Crippen LogP contribution in [0.1, 0.15) is 112 Å². The number of nitrogens with one attached hydrogen (secondary N) is 5. The lowest BCUT2D eigenvalue weighted by Crippen LogP contribution is -2.62. The quantitative estimate of drug-likeness (QED) is 0.134. The van der Waals surface area contributed by atoms with Crippen LogP contribution in [0.15, 0.2) is 0 Å². The van der Waals surface area contributed by atoms with E-state index in [4.69, 9.17) is 16.2 Å². The van der Waals surface area contributed by atoms with Gasteiger partial charge in [0.15, 0.2) is 0 Å². The van der Waals surface area contributed by atoms with Crippen LogP contribution < -0.4 is 38.1 Å². The molecule has 2 fully saturated rings. The van der Waals surface area contributed by atoms with Crippen LogP contribution in [0, 0.1) is 23.7 Å². The van der Waals surface area contributed by atoms with Crippen molar-refractivity contribution >= 4 is 35.4 Å².